The zero-order valence-corrected chi connectivity index (χ0v) is 79.1. The van der Waals surface area contributed by atoms with Gasteiger partial charge in [0, 0.05) is 121 Å². The lowest BCUT2D eigenvalue weighted by atomic mass is 9.76. The fraction of sp³-hybridized carbons (Fsp3) is 0.455. The van der Waals surface area contributed by atoms with Gasteiger partial charge in [0.1, 0.15) is 5.82 Å². The molecule has 0 aromatic heterocycles. The predicted octanol–water partition coefficient (Wildman–Crippen LogP) is 23.8. The van der Waals surface area contributed by atoms with Gasteiger partial charge < -0.3 is 86.1 Å². The maximum atomic E-state index is 13.9. The van der Waals surface area contributed by atoms with Crippen molar-refractivity contribution < 1.29 is 84.0 Å². The van der Waals surface area contributed by atoms with E-state index in [0.717, 1.165) is 122 Å². The number of aliphatic hydroxyl groups excluding tert-OH is 3. The summed E-state index contributed by atoms with van der Waals surface area (Å²) in [6, 6.07) is 74.8. The summed E-state index contributed by atoms with van der Waals surface area (Å²) in [5, 5.41) is 49.7. The molecule has 1 amide bonds. The third-order valence-corrected chi connectivity index (χ3v) is 29.1. The number of benzene rings is 10. The molecule has 10 aliphatic rings. The molecule has 139 heavy (non-hydrogen) atoms. The third-order valence-electron chi connectivity index (χ3n) is 28.8. The minimum atomic E-state index is -4.43. The van der Waals surface area contributed by atoms with Crippen LogP contribution in [-0.4, -0.2) is 136 Å². The molecule has 10 aliphatic heterocycles. The number of nitrogens with zero attached hydrogens (tertiary/aromatic N) is 1. The van der Waals surface area contributed by atoms with E-state index in [2.05, 4.69) is 172 Å². The van der Waals surface area contributed by atoms with E-state index in [4.69, 9.17) is 50.5 Å². The van der Waals surface area contributed by atoms with Crippen LogP contribution in [0, 0.1) is 55.2 Å². The van der Waals surface area contributed by atoms with Gasteiger partial charge in [-0.05, 0) is 172 Å². The van der Waals surface area contributed by atoms with Crippen LogP contribution < -0.4 is 37.6 Å². The molecule has 746 valence electrons. The average Bonchev–Trinajstić information content (AvgIpc) is 0.767. The first-order valence-corrected chi connectivity index (χ1v) is 48.7. The number of nitrogens with one attached hydrogen (secondary N) is 6. The number of ether oxygens (including phenoxy) is 7. The number of anilines is 5. The van der Waals surface area contributed by atoms with Crippen LogP contribution in [0.1, 0.15) is 232 Å². The summed E-state index contributed by atoms with van der Waals surface area (Å²) in [5.74, 6) is 0.361. The molecule has 0 bridgehead atoms. The van der Waals surface area contributed by atoms with Gasteiger partial charge in [-0.15, -0.1) is 0 Å². The zero-order chi connectivity index (χ0) is 96.2. The standard InChI is InChI=1S/C26H33F3N2O3.C25H30F3N3O2.2C20H23NO2.C19H19ClFNO2.2CH4/c1-32-14-12-31(13-15-33-2)17-20-9-10-21-24(18-6-4-3-5-7-18)30-23-11-8-19(26(27,28)29)16-22(23)25(21)34-20;1-14(2)21(29)24(32)30-13-17-9-10-18-22(15-6-4-3-5-7-15)31-20-11-8-16(25(26,27)28)12-19(20)23(18)33-17;2*1-13-7-10-18-17(11-13)20-16(9-8-15(12-22)23-20)19(21-18)14-5-3-2-4-6-14;20-16-9-12(21)8-15-18(16)22-17(11-4-2-1-3-5-11)14-7-6-13(10-23)24-19(14)15;;/h3-8,11,16,20-21,24-25,30H,9-10,12-15,17H2,1-2H3;3-8,11-12,14,17-18,21-23,31H,9-10,13,29H2,1-2H3,(H,30,32);2*2-7,10-11,15-16,19-22H,8-9,12H2,1H3;1-5,8-9,13-14,17,19,22-23H,6-7,10H2;2*1H4/t20-,21+,24+,25+;17-,18+,21-,22+,23+;15-,16+,19+,20+;15-,16+,19-,20+;13-,14+,17+,19+;;/m11111../s1. The Balaban J connectivity index is 0.000000139. The Bertz CT molecular complexity index is 5470. The van der Waals surface area contributed by atoms with Gasteiger partial charge in [-0.25, -0.2) is 4.39 Å². The van der Waals surface area contributed by atoms with Crippen LogP contribution >= 0.6 is 11.6 Å². The smallest absolute Gasteiger partial charge is 0.394 e. The number of carbonyl (C=O) groups excluding carboxylic acids is 1. The second-order valence-electron chi connectivity index (χ2n) is 38.2. The lowest BCUT2D eigenvalue weighted by Crippen LogP contribution is -2.48. The summed E-state index contributed by atoms with van der Waals surface area (Å²) < 4.78 is 137. The second kappa shape index (κ2) is 47.7. The highest BCUT2D eigenvalue weighted by atomic mass is 35.5. The topological polar surface area (TPSA) is 244 Å². The number of methoxy groups -OCH3 is 2. The molecule has 21 atom stereocenters. The summed E-state index contributed by atoms with van der Waals surface area (Å²) in [6.45, 7) is 11.8. The molecule has 20 rings (SSSR count). The van der Waals surface area contributed by atoms with Gasteiger partial charge in [0.15, 0.2) is 0 Å². The summed E-state index contributed by atoms with van der Waals surface area (Å²) in [5.41, 5.74) is 21.7. The molecular weight excluding hydrogens is 1800 g/mol. The van der Waals surface area contributed by atoms with Crippen molar-refractivity contribution >= 4 is 45.9 Å². The Labute approximate surface area is 818 Å². The number of fused-ring (bicyclic) bond motifs is 15. The molecule has 10 aromatic carbocycles. The normalized spacial score (nSPS) is 26.7. The molecule has 0 radical (unpaired) electrons. The Kier molecular flexibility index (Phi) is 36.0. The van der Waals surface area contributed by atoms with E-state index in [0.29, 0.717) is 65.5 Å². The summed E-state index contributed by atoms with van der Waals surface area (Å²) in [6.07, 6.45) is -1.77. The number of amides is 1. The largest absolute Gasteiger partial charge is 0.416 e. The Hall–Kier alpha value is -10.0. The Morgan fingerprint density at radius 2 is 0.727 bits per heavy atom. The molecule has 0 unspecified atom stereocenters. The molecule has 10 heterocycles. The van der Waals surface area contributed by atoms with E-state index in [1.165, 1.54) is 63.7 Å². The first-order valence-electron chi connectivity index (χ1n) is 48.3. The van der Waals surface area contributed by atoms with Crippen molar-refractivity contribution in [2.45, 2.75) is 216 Å². The lowest BCUT2D eigenvalue weighted by Gasteiger charge is -2.46. The fourth-order valence-corrected chi connectivity index (χ4v) is 22.0. The number of aryl methyl sites for hydroxylation is 2. The van der Waals surface area contributed by atoms with Crippen molar-refractivity contribution in [2.24, 2.45) is 41.2 Å². The van der Waals surface area contributed by atoms with Crippen LogP contribution in [0.5, 0.6) is 0 Å². The second-order valence-corrected chi connectivity index (χ2v) is 38.7. The number of rotatable bonds is 20. The van der Waals surface area contributed by atoms with Crippen LogP contribution in [0.4, 0.5) is 59.2 Å². The number of halogens is 8. The SMILES string of the molecule is C.C.CC(C)[C@@H](N)C(=O)NC[C@H]1CC[C@@H]2[C@H](O1)c1cc(C(F)(F)F)ccc1N[C@H]2c1ccccc1.COCCN(CCOC)C[C@H]1CC[C@@H]2[C@H](O1)c1cc(C(F)(F)F)ccc1N[C@H]2c1ccccc1.Cc1ccc2c(c1)[C@H]1O[C@@H](CO)CC[C@H]1[C@@H](c1ccccc1)N2.Cc1ccc2c(c1)[C@H]1O[C@@H](CO)CC[C@H]1[C@H](c1ccccc1)N2.OC[C@H]1CC[C@@H]2[C@H](O1)c1cc(F)cc(Cl)c1N[C@H]2c1ccccc1. The van der Waals surface area contributed by atoms with Crippen molar-refractivity contribution in [3.63, 3.8) is 0 Å². The number of nitrogens with two attached hydrogens (primary N) is 1. The number of hydrogen-bond acceptors (Lipinski definition) is 18. The lowest BCUT2D eigenvalue weighted by molar-refractivity contribution is -0.139. The van der Waals surface area contributed by atoms with Crippen molar-refractivity contribution in [3.05, 3.63) is 325 Å². The van der Waals surface area contributed by atoms with Crippen molar-refractivity contribution in [2.75, 3.05) is 100 Å². The van der Waals surface area contributed by atoms with E-state index >= 15 is 0 Å². The van der Waals surface area contributed by atoms with Crippen LogP contribution in [0.15, 0.2) is 237 Å². The number of alkyl halides is 6. The predicted molar refractivity (Wildman–Crippen MR) is 533 cm³/mol. The molecule has 10 aromatic rings. The zero-order valence-electron chi connectivity index (χ0n) is 78.3. The third kappa shape index (κ3) is 24.8. The molecule has 0 saturated carbocycles. The average molecular weight is 1940 g/mol. The van der Waals surface area contributed by atoms with Gasteiger partial charge in [-0.3, -0.25) is 9.69 Å². The van der Waals surface area contributed by atoms with Gasteiger partial charge in [0.25, 0.3) is 0 Å². The van der Waals surface area contributed by atoms with Crippen LogP contribution in [-0.2, 0) is 50.3 Å². The highest BCUT2D eigenvalue weighted by Crippen LogP contribution is 2.58. The van der Waals surface area contributed by atoms with Crippen molar-refractivity contribution in [3.8, 4) is 0 Å². The van der Waals surface area contributed by atoms with Gasteiger partial charge in [0.05, 0.1) is 152 Å². The minimum absolute atomic E-state index is 0. The maximum Gasteiger partial charge on any atom is 0.416 e. The quantitative estimate of drug-likeness (QED) is 0.0319. The Morgan fingerprint density at radius 1 is 0.424 bits per heavy atom. The monoisotopic (exact) mass is 1940 g/mol. The minimum Gasteiger partial charge on any atom is -0.394 e. The van der Waals surface area contributed by atoms with Crippen LogP contribution in [0.2, 0.25) is 5.02 Å². The number of hydrogen-bond donors (Lipinski definition) is 10. The van der Waals surface area contributed by atoms with E-state index in [9.17, 15) is 50.8 Å². The first-order chi connectivity index (χ1) is 66.2. The molecular formula is C112H136ClF7N8O11. The van der Waals surface area contributed by atoms with E-state index in [1.807, 2.05) is 80.6 Å². The summed E-state index contributed by atoms with van der Waals surface area (Å²) in [7, 11) is 3.34. The fourth-order valence-electron chi connectivity index (χ4n) is 21.7. The molecule has 0 aliphatic carbocycles. The summed E-state index contributed by atoms with van der Waals surface area (Å²) in [4.78, 5) is 14.5. The van der Waals surface area contributed by atoms with Gasteiger partial charge in [0.2, 0.25) is 5.91 Å². The summed E-state index contributed by atoms with van der Waals surface area (Å²) >= 11 is 6.29. The maximum absolute atomic E-state index is 13.9. The first kappa shape index (κ1) is 105. The molecule has 0 spiro atoms. The van der Waals surface area contributed by atoms with E-state index in [-0.39, 0.29) is 156 Å². The van der Waals surface area contributed by atoms with Crippen LogP contribution in [0.3, 0.4) is 0 Å². The van der Waals surface area contributed by atoms with Gasteiger partial charge in [-0.2, -0.15) is 26.3 Å². The van der Waals surface area contributed by atoms with E-state index < -0.39 is 41.7 Å². The highest BCUT2D eigenvalue weighted by Gasteiger charge is 2.50. The number of carbonyl (C=O) groups is 1. The van der Waals surface area contributed by atoms with E-state index in [1.54, 1.807) is 20.3 Å². The van der Waals surface area contributed by atoms with Crippen molar-refractivity contribution in [1.29, 1.82) is 0 Å². The molecule has 11 N–H and O–H groups in total. The number of aliphatic hydroxyl groups is 3. The molecule has 27 heteroatoms. The molecule has 5 fully saturated rings. The molecule has 5 saturated heterocycles. The van der Waals surface area contributed by atoms with Crippen molar-refractivity contribution in [1.82, 2.24) is 10.2 Å². The molecule has 19 nitrogen and oxygen atoms in total. The highest BCUT2D eigenvalue weighted by molar-refractivity contribution is 6.33. The van der Waals surface area contributed by atoms with Gasteiger partial charge in [-0.1, -0.05) is 227 Å². The van der Waals surface area contributed by atoms with Crippen LogP contribution in [0.25, 0.3) is 0 Å². The Morgan fingerprint density at radius 3 is 1.06 bits per heavy atom. The van der Waals surface area contributed by atoms with Gasteiger partial charge >= 0.3 is 12.4 Å².